The molecule has 23 heavy (non-hydrogen) atoms. The van der Waals surface area contributed by atoms with Crippen molar-refractivity contribution >= 4 is 11.9 Å². The fraction of sp³-hybridized carbons (Fsp3) is 0.875. The second-order valence-electron chi connectivity index (χ2n) is 6.64. The molecule has 0 heterocycles. The molecule has 0 fully saturated rings. The van der Waals surface area contributed by atoms with E-state index in [1.165, 1.54) is 14.2 Å². The molecule has 0 aromatic rings. The second-order valence-corrected chi connectivity index (χ2v) is 6.64. The number of carbonyl (C=O) groups excluding carboxylic acids is 2. The van der Waals surface area contributed by atoms with Gasteiger partial charge in [0.1, 0.15) is 6.79 Å². The maximum absolute atomic E-state index is 12.3. The summed E-state index contributed by atoms with van der Waals surface area (Å²) in [7, 11) is 2.91. The van der Waals surface area contributed by atoms with E-state index in [1.807, 2.05) is 6.92 Å². The molecule has 1 unspecified atom stereocenters. The first-order chi connectivity index (χ1) is 10.6. The van der Waals surface area contributed by atoms with Crippen molar-refractivity contribution in [1.29, 1.82) is 0 Å². The maximum atomic E-state index is 12.3. The summed E-state index contributed by atoms with van der Waals surface area (Å²) in [4.78, 5) is 24.6. The van der Waals surface area contributed by atoms with Crippen LogP contribution >= 0.6 is 0 Å². The Hall–Kier alpha value is -1.18. The fourth-order valence-electron chi connectivity index (χ4n) is 1.59. The van der Waals surface area contributed by atoms with Crippen LogP contribution in [-0.2, 0) is 33.3 Å². The lowest BCUT2D eigenvalue weighted by Crippen LogP contribution is -2.46. The van der Waals surface area contributed by atoms with Crippen molar-refractivity contribution in [3.63, 3.8) is 0 Å². The van der Waals surface area contributed by atoms with Gasteiger partial charge in [-0.2, -0.15) is 0 Å². The van der Waals surface area contributed by atoms with Crippen LogP contribution in [0.2, 0.25) is 0 Å². The molecule has 0 bridgehead atoms. The zero-order valence-electron chi connectivity index (χ0n) is 15.3. The third-order valence-electron chi connectivity index (χ3n) is 3.58. The minimum atomic E-state index is -1.10. The van der Waals surface area contributed by atoms with Gasteiger partial charge in [-0.1, -0.05) is 20.8 Å². The molecule has 0 N–H and O–H groups in total. The molecule has 0 aromatic carbocycles. The molecule has 0 amide bonds. The van der Waals surface area contributed by atoms with Crippen LogP contribution in [0.5, 0.6) is 0 Å². The van der Waals surface area contributed by atoms with Crippen molar-refractivity contribution in [3.05, 3.63) is 0 Å². The van der Waals surface area contributed by atoms with E-state index >= 15 is 0 Å². The third-order valence-corrected chi connectivity index (χ3v) is 3.58. The standard InChI is InChI=1S/C16H30O7/c1-8-15(2,3)14(18)23-12(13(17)22-11-20-7)16(4,5)9-21-10-19-6/h12H,8-11H2,1-7H3. The molecule has 0 aliphatic heterocycles. The van der Waals surface area contributed by atoms with Crippen LogP contribution in [-0.4, -0.2) is 52.5 Å². The SMILES string of the molecule is CCC(C)(C)C(=O)OC(C(=O)OCOC)C(C)(C)COCOC. The van der Waals surface area contributed by atoms with E-state index in [9.17, 15) is 9.59 Å². The summed E-state index contributed by atoms with van der Waals surface area (Å²) in [6, 6.07) is 0. The minimum absolute atomic E-state index is 0.0810. The summed E-state index contributed by atoms with van der Waals surface area (Å²) < 4.78 is 25.3. The van der Waals surface area contributed by atoms with Crippen molar-refractivity contribution in [2.45, 2.75) is 47.1 Å². The Labute approximate surface area is 138 Å². The molecule has 0 aromatic heterocycles. The van der Waals surface area contributed by atoms with Gasteiger partial charge in [0.05, 0.1) is 12.0 Å². The van der Waals surface area contributed by atoms with Gasteiger partial charge in [-0.3, -0.25) is 4.79 Å². The molecule has 0 saturated carbocycles. The van der Waals surface area contributed by atoms with Gasteiger partial charge in [0.15, 0.2) is 6.79 Å². The van der Waals surface area contributed by atoms with Gasteiger partial charge >= 0.3 is 11.9 Å². The van der Waals surface area contributed by atoms with E-state index in [0.717, 1.165) is 0 Å². The predicted octanol–water partition coefficient (Wildman–Crippen LogP) is 2.13. The van der Waals surface area contributed by atoms with Gasteiger partial charge in [-0.05, 0) is 20.3 Å². The smallest absolute Gasteiger partial charge is 0.350 e. The normalized spacial score (nSPS) is 13.5. The quantitative estimate of drug-likeness (QED) is 0.325. The third kappa shape index (κ3) is 7.28. The van der Waals surface area contributed by atoms with Crippen LogP contribution < -0.4 is 0 Å². The van der Waals surface area contributed by atoms with Crippen molar-refractivity contribution in [2.75, 3.05) is 34.4 Å². The van der Waals surface area contributed by atoms with Crippen LogP contribution in [0.4, 0.5) is 0 Å². The van der Waals surface area contributed by atoms with Crippen molar-refractivity contribution in [2.24, 2.45) is 10.8 Å². The molecular weight excluding hydrogens is 304 g/mol. The first-order valence-electron chi connectivity index (χ1n) is 7.55. The van der Waals surface area contributed by atoms with Crippen LogP contribution in [0.25, 0.3) is 0 Å². The Morgan fingerprint density at radius 1 is 1.00 bits per heavy atom. The van der Waals surface area contributed by atoms with Gasteiger partial charge in [-0.25, -0.2) is 4.79 Å². The highest BCUT2D eigenvalue weighted by molar-refractivity contribution is 5.82. The predicted molar refractivity (Wildman–Crippen MR) is 83.5 cm³/mol. The van der Waals surface area contributed by atoms with E-state index in [1.54, 1.807) is 27.7 Å². The number of hydrogen-bond donors (Lipinski definition) is 0. The summed E-state index contributed by atoms with van der Waals surface area (Å²) in [6.07, 6.45) is -0.514. The molecule has 1 atom stereocenters. The van der Waals surface area contributed by atoms with E-state index in [4.69, 9.17) is 23.7 Å². The molecular formula is C16H30O7. The van der Waals surface area contributed by atoms with Crippen LogP contribution in [0, 0.1) is 10.8 Å². The largest absolute Gasteiger partial charge is 0.449 e. The van der Waals surface area contributed by atoms with Crippen molar-refractivity contribution < 1.29 is 33.3 Å². The lowest BCUT2D eigenvalue weighted by Gasteiger charge is -2.33. The average molecular weight is 334 g/mol. The Balaban J connectivity index is 5.14. The monoisotopic (exact) mass is 334 g/mol. The number of rotatable bonds is 11. The summed E-state index contributed by atoms with van der Waals surface area (Å²) in [5.41, 5.74) is -1.48. The second kappa shape index (κ2) is 9.85. The van der Waals surface area contributed by atoms with Crippen molar-refractivity contribution in [1.82, 2.24) is 0 Å². The van der Waals surface area contributed by atoms with Crippen LogP contribution in [0.15, 0.2) is 0 Å². The zero-order chi connectivity index (χ0) is 18.1. The first kappa shape index (κ1) is 21.8. The van der Waals surface area contributed by atoms with E-state index in [0.29, 0.717) is 6.42 Å². The molecule has 7 nitrogen and oxygen atoms in total. The zero-order valence-corrected chi connectivity index (χ0v) is 15.3. The van der Waals surface area contributed by atoms with Crippen LogP contribution in [0.3, 0.4) is 0 Å². The molecule has 0 rings (SSSR count). The molecule has 7 heteroatoms. The summed E-state index contributed by atoms with van der Waals surface area (Å²) in [6.45, 7) is 8.96. The average Bonchev–Trinajstić information content (AvgIpc) is 2.49. The van der Waals surface area contributed by atoms with E-state index in [-0.39, 0.29) is 20.2 Å². The molecule has 0 saturated heterocycles. The Kier molecular flexibility index (Phi) is 9.34. The van der Waals surface area contributed by atoms with Gasteiger partial charge in [0.2, 0.25) is 6.10 Å². The van der Waals surface area contributed by atoms with Crippen molar-refractivity contribution in [3.8, 4) is 0 Å². The summed E-state index contributed by atoms with van der Waals surface area (Å²) in [5, 5.41) is 0. The van der Waals surface area contributed by atoms with Gasteiger partial charge in [0.25, 0.3) is 0 Å². The van der Waals surface area contributed by atoms with Crippen LogP contribution in [0.1, 0.15) is 41.0 Å². The number of carbonyl (C=O) groups is 2. The van der Waals surface area contributed by atoms with E-state index in [2.05, 4.69) is 0 Å². The number of methoxy groups -OCH3 is 2. The highest BCUT2D eigenvalue weighted by atomic mass is 16.7. The molecule has 0 radical (unpaired) electrons. The molecule has 0 aliphatic rings. The van der Waals surface area contributed by atoms with E-state index < -0.39 is 28.9 Å². The van der Waals surface area contributed by atoms with Gasteiger partial charge < -0.3 is 23.7 Å². The number of esters is 2. The van der Waals surface area contributed by atoms with Gasteiger partial charge in [-0.15, -0.1) is 0 Å². The summed E-state index contributed by atoms with van der Waals surface area (Å²) >= 11 is 0. The number of hydrogen-bond acceptors (Lipinski definition) is 7. The maximum Gasteiger partial charge on any atom is 0.350 e. The first-order valence-corrected chi connectivity index (χ1v) is 7.55. The Morgan fingerprint density at radius 3 is 2.04 bits per heavy atom. The number of ether oxygens (including phenoxy) is 5. The summed E-state index contributed by atoms with van der Waals surface area (Å²) in [5.74, 6) is -1.13. The molecule has 0 aliphatic carbocycles. The lowest BCUT2D eigenvalue weighted by molar-refractivity contribution is -0.192. The minimum Gasteiger partial charge on any atom is -0.449 e. The molecule has 136 valence electrons. The highest BCUT2D eigenvalue weighted by Crippen LogP contribution is 2.29. The lowest BCUT2D eigenvalue weighted by atomic mass is 9.86. The Morgan fingerprint density at radius 2 is 1.57 bits per heavy atom. The Bertz CT molecular complexity index is 377. The molecule has 0 spiro atoms. The highest BCUT2D eigenvalue weighted by Gasteiger charge is 2.42. The topological polar surface area (TPSA) is 80.3 Å². The fourth-order valence-corrected chi connectivity index (χ4v) is 1.59. The van der Waals surface area contributed by atoms with Gasteiger partial charge in [0, 0.05) is 19.6 Å².